The molecule has 0 saturated heterocycles. The summed E-state index contributed by atoms with van der Waals surface area (Å²) in [6, 6.07) is 13.1. The van der Waals surface area contributed by atoms with Crippen LogP contribution in [-0.2, 0) is 9.84 Å². The van der Waals surface area contributed by atoms with Crippen LogP contribution in [0.3, 0.4) is 0 Å². The van der Waals surface area contributed by atoms with Crippen LogP contribution in [-0.4, -0.2) is 49.3 Å². The first-order chi connectivity index (χ1) is 16.8. The van der Waals surface area contributed by atoms with Gasteiger partial charge in [0.2, 0.25) is 0 Å². The van der Waals surface area contributed by atoms with Crippen molar-refractivity contribution in [1.82, 2.24) is 20.3 Å². The number of fused-ring (bicyclic) bond motifs is 3. The van der Waals surface area contributed by atoms with E-state index in [1.165, 1.54) is 0 Å². The molecule has 4 aromatic rings. The minimum atomic E-state index is -3.32. The maximum Gasteiger partial charge on any atom is 0.178 e. The topological polar surface area (TPSA) is 113 Å². The fourth-order valence-corrected chi connectivity index (χ4v) is 4.95. The van der Waals surface area contributed by atoms with E-state index in [1.54, 1.807) is 42.5 Å². The Morgan fingerprint density at radius 3 is 2.83 bits per heavy atom. The van der Waals surface area contributed by atoms with E-state index in [9.17, 15) is 8.42 Å². The SMILES string of the molecule is CCS(=O)(=O)c1cccc(-c2ccc(OCCCN(N)/C=C\NC)c3[nH]c4ncc(C)cc4c23)c1. The molecule has 8 nitrogen and oxygen atoms in total. The molecule has 2 heterocycles. The average Bonchev–Trinajstić information content (AvgIpc) is 3.24. The molecule has 0 spiro atoms. The smallest absolute Gasteiger partial charge is 0.178 e. The van der Waals surface area contributed by atoms with Crippen LogP contribution >= 0.6 is 0 Å². The van der Waals surface area contributed by atoms with E-state index in [1.807, 2.05) is 38.4 Å². The van der Waals surface area contributed by atoms with Crippen molar-refractivity contribution in [2.24, 2.45) is 5.84 Å². The molecule has 0 atom stereocenters. The summed E-state index contributed by atoms with van der Waals surface area (Å²) in [6.45, 7) is 4.79. The molecule has 0 unspecified atom stereocenters. The fraction of sp³-hybridized carbons (Fsp3) is 0.269. The second-order valence-corrected chi connectivity index (χ2v) is 10.6. The largest absolute Gasteiger partial charge is 0.491 e. The van der Waals surface area contributed by atoms with Crippen LogP contribution in [0.25, 0.3) is 33.1 Å². The van der Waals surface area contributed by atoms with Gasteiger partial charge in [-0.15, -0.1) is 0 Å². The molecular formula is C26H31N5O3S. The van der Waals surface area contributed by atoms with E-state index in [4.69, 9.17) is 10.6 Å². The van der Waals surface area contributed by atoms with Crippen molar-refractivity contribution in [2.45, 2.75) is 25.2 Å². The van der Waals surface area contributed by atoms with Crippen LogP contribution in [0.15, 0.2) is 66.0 Å². The molecule has 4 N–H and O–H groups in total. The van der Waals surface area contributed by atoms with E-state index in [-0.39, 0.29) is 5.75 Å². The molecule has 0 fully saturated rings. The normalized spacial score (nSPS) is 12.0. The van der Waals surface area contributed by atoms with E-state index in [2.05, 4.69) is 21.4 Å². The zero-order valence-corrected chi connectivity index (χ0v) is 21.0. The van der Waals surface area contributed by atoms with Gasteiger partial charge in [0.15, 0.2) is 9.84 Å². The number of rotatable bonds is 10. The summed E-state index contributed by atoms with van der Waals surface area (Å²) in [5, 5.41) is 6.43. The van der Waals surface area contributed by atoms with Gasteiger partial charge in [-0.2, -0.15) is 0 Å². The average molecular weight is 494 g/mol. The number of aromatic amines is 1. The number of sulfone groups is 1. The highest BCUT2D eigenvalue weighted by molar-refractivity contribution is 7.91. The summed E-state index contributed by atoms with van der Waals surface area (Å²) in [4.78, 5) is 8.30. The van der Waals surface area contributed by atoms with Crippen LogP contribution in [0.5, 0.6) is 5.75 Å². The molecule has 4 rings (SSSR count). The zero-order chi connectivity index (χ0) is 25.0. The number of benzene rings is 2. The highest BCUT2D eigenvalue weighted by Crippen LogP contribution is 2.39. The summed E-state index contributed by atoms with van der Waals surface area (Å²) in [5.41, 5.74) is 4.37. The van der Waals surface area contributed by atoms with Gasteiger partial charge in [0.1, 0.15) is 11.4 Å². The number of H-pyrrole nitrogens is 1. The number of nitrogens with zero attached hydrogens (tertiary/aromatic N) is 2. The van der Waals surface area contributed by atoms with Gasteiger partial charge in [-0.25, -0.2) is 19.2 Å². The number of nitrogens with two attached hydrogens (primary N) is 1. The molecule has 0 aliphatic carbocycles. The first-order valence-electron chi connectivity index (χ1n) is 11.6. The van der Waals surface area contributed by atoms with Crippen molar-refractivity contribution < 1.29 is 13.2 Å². The van der Waals surface area contributed by atoms with Crippen LogP contribution in [0.1, 0.15) is 18.9 Å². The van der Waals surface area contributed by atoms with Crippen LogP contribution in [0.2, 0.25) is 0 Å². The predicted octanol–water partition coefficient (Wildman–Crippen LogP) is 4.12. The van der Waals surface area contributed by atoms with Gasteiger partial charge in [-0.05, 0) is 53.9 Å². The van der Waals surface area contributed by atoms with Crippen molar-refractivity contribution >= 4 is 31.8 Å². The van der Waals surface area contributed by atoms with Gasteiger partial charge < -0.3 is 20.0 Å². The maximum atomic E-state index is 12.5. The van der Waals surface area contributed by atoms with E-state index in [0.717, 1.165) is 45.0 Å². The van der Waals surface area contributed by atoms with Crippen molar-refractivity contribution in [1.29, 1.82) is 0 Å². The Balaban J connectivity index is 1.74. The minimum absolute atomic E-state index is 0.0554. The Labute approximate surface area is 205 Å². The third kappa shape index (κ3) is 5.26. The van der Waals surface area contributed by atoms with Gasteiger partial charge in [0.05, 0.1) is 22.8 Å². The highest BCUT2D eigenvalue weighted by atomic mass is 32.2. The van der Waals surface area contributed by atoms with Crippen LogP contribution in [0.4, 0.5) is 0 Å². The highest BCUT2D eigenvalue weighted by Gasteiger charge is 2.18. The van der Waals surface area contributed by atoms with Crippen molar-refractivity contribution in [3.8, 4) is 16.9 Å². The molecule has 35 heavy (non-hydrogen) atoms. The van der Waals surface area contributed by atoms with Crippen LogP contribution < -0.4 is 15.9 Å². The molecule has 0 radical (unpaired) electrons. The number of aromatic nitrogens is 2. The summed E-state index contributed by atoms with van der Waals surface area (Å²) in [7, 11) is -1.50. The van der Waals surface area contributed by atoms with Crippen molar-refractivity contribution in [2.75, 3.05) is 26.0 Å². The quantitative estimate of drug-likeness (QED) is 0.173. The van der Waals surface area contributed by atoms with Crippen molar-refractivity contribution in [3.63, 3.8) is 0 Å². The fourth-order valence-electron chi connectivity index (χ4n) is 4.02. The van der Waals surface area contributed by atoms with Gasteiger partial charge in [-0.3, -0.25) is 0 Å². The standard InChI is InChI=1S/C26H31N5O3S/c1-4-35(32,33)20-8-5-7-19(16-20)21-9-10-23(34-14-6-12-31(27)13-11-28-3)25-24(21)22-15-18(2)17-29-26(22)30-25/h5,7-11,13,15-17,28H,4,6,12,14,27H2,1-3H3,(H,29,30)/b13-11-. The summed E-state index contributed by atoms with van der Waals surface area (Å²) >= 11 is 0. The lowest BCUT2D eigenvalue weighted by atomic mass is 9.99. The summed E-state index contributed by atoms with van der Waals surface area (Å²) in [6.07, 6.45) is 6.10. The van der Waals surface area contributed by atoms with E-state index >= 15 is 0 Å². The van der Waals surface area contributed by atoms with Gasteiger partial charge in [0.25, 0.3) is 0 Å². The Morgan fingerprint density at radius 2 is 2.06 bits per heavy atom. The Bertz CT molecular complexity index is 1480. The predicted molar refractivity (Wildman–Crippen MR) is 141 cm³/mol. The second kappa shape index (κ2) is 10.4. The molecule has 0 aliphatic rings. The molecular weight excluding hydrogens is 462 g/mol. The molecule has 0 bridgehead atoms. The van der Waals surface area contributed by atoms with Gasteiger partial charge in [-0.1, -0.05) is 19.1 Å². The number of aryl methyl sites for hydroxylation is 1. The molecule has 0 aliphatic heterocycles. The maximum absolute atomic E-state index is 12.5. The minimum Gasteiger partial charge on any atom is -0.491 e. The Morgan fingerprint density at radius 1 is 1.23 bits per heavy atom. The van der Waals surface area contributed by atoms with Gasteiger partial charge >= 0.3 is 0 Å². The molecule has 184 valence electrons. The summed E-state index contributed by atoms with van der Waals surface area (Å²) < 4.78 is 31.2. The van der Waals surface area contributed by atoms with Gasteiger partial charge in [0, 0.05) is 49.4 Å². The summed E-state index contributed by atoms with van der Waals surface area (Å²) in [5.74, 6) is 6.69. The van der Waals surface area contributed by atoms with Crippen LogP contribution in [0, 0.1) is 6.92 Å². The first-order valence-corrected chi connectivity index (χ1v) is 13.2. The van der Waals surface area contributed by atoms with Crippen molar-refractivity contribution in [3.05, 3.63) is 66.6 Å². The number of ether oxygens (including phenoxy) is 1. The number of hydrogen-bond donors (Lipinski definition) is 3. The third-order valence-corrected chi connectivity index (χ3v) is 7.57. The lowest BCUT2D eigenvalue weighted by Gasteiger charge is -2.14. The number of hydrazine groups is 1. The molecule has 0 saturated carbocycles. The number of nitrogens with one attached hydrogen (secondary N) is 2. The molecule has 2 aromatic heterocycles. The monoisotopic (exact) mass is 493 g/mol. The molecule has 2 aromatic carbocycles. The van der Waals surface area contributed by atoms with E-state index in [0.29, 0.717) is 23.8 Å². The molecule has 9 heteroatoms. The molecule has 0 amide bonds. The number of hydrogen-bond acceptors (Lipinski definition) is 7. The second-order valence-electron chi connectivity index (χ2n) is 8.37. The Kier molecular flexibility index (Phi) is 7.28. The lowest BCUT2D eigenvalue weighted by Crippen LogP contribution is -2.27. The third-order valence-electron chi connectivity index (χ3n) is 5.84. The van der Waals surface area contributed by atoms with E-state index < -0.39 is 9.84 Å². The lowest BCUT2D eigenvalue weighted by molar-refractivity contribution is 0.280. The first kappa shape index (κ1) is 24.6. The zero-order valence-electron chi connectivity index (χ0n) is 20.2. The Hall–Kier alpha value is -3.56. The number of pyridine rings is 1.